The van der Waals surface area contributed by atoms with Crippen LogP contribution in [-0.2, 0) is 11.2 Å². The van der Waals surface area contributed by atoms with Crippen LogP contribution in [0.5, 0.6) is 0 Å². The summed E-state index contributed by atoms with van der Waals surface area (Å²) < 4.78 is 19.0. The largest absolute Gasteiger partial charge is 0.459 e. The Kier molecular flexibility index (Phi) is 5.61. The van der Waals surface area contributed by atoms with Crippen LogP contribution in [0.4, 0.5) is 4.39 Å². The summed E-state index contributed by atoms with van der Waals surface area (Å²) in [5.74, 6) is -0.557. The average Bonchev–Trinajstić information content (AvgIpc) is 3.05. The maximum Gasteiger partial charge on any atom is 0.287 e. The van der Waals surface area contributed by atoms with E-state index in [0.29, 0.717) is 31.7 Å². The van der Waals surface area contributed by atoms with Gasteiger partial charge in [0, 0.05) is 35.3 Å². The summed E-state index contributed by atoms with van der Waals surface area (Å²) in [6, 6.07) is 6.11. The van der Waals surface area contributed by atoms with Gasteiger partial charge >= 0.3 is 0 Å². The van der Waals surface area contributed by atoms with Gasteiger partial charge in [-0.25, -0.2) is 4.39 Å². The Hall–Kier alpha value is -2.34. The van der Waals surface area contributed by atoms with Crippen molar-refractivity contribution < 1.29 is 18.4 Å². The fraction of sp³-hybridized carbons (Fsp3) is 0.368. The van der Waals surface area contributed by atoms with Gasteiger partial charge in [-0.3, -0.25) is 9.59 Å². The Morgan fingerprint density at radius 1 is 1.31 bits per heavy atom. The molecule has 1 fully saturated rings. The van der Waals surface area contributed by atoms with Crippen LogP contribution < -0.4 is 5.32 Å². The minimum atomic E-state index is -0.471. The van der Waals surface area contributed by atoms with Gasteiger partial charge in [-0.1, -0.05) is 17.7 Å². The SMILES string of the molecule is Cc1ccoc1C(=O)NC1CCN(C(=O)Cc2c(F)cccc2Cl)CC1. The van der Waals surface area contributed by atoms with Gasteiger partial charge in [0.15, 0.2) is 5.76 Å². The van der Waals surface area contributed by atoms with E-state index >= 15 is 0 Å². The molecule has 1 saturated heterocycles. The van der Waals surface area contributed by atoms with Crippen LogP contribution in [0.1, 0.15) is 34.5 Å². The number of nitrogens with zero attached hydrogens (tertiary/aromatic N) is 1. The summed E-state index contributed by atoms with van der Waals surface area (Å²) in [5.41, 5.74) is 1.01. The van der Waals surface area contributed by atoms with Crippen molar-refractivity contribution in [1.29, 1.82) is 0 Å². The van der Waals surface area contributed by atoms with Crippen molar-refractivity contribution in [3.8, 4) is 0 Å². The molecule has 1 aromatic carbocycles. The first-order valence-electron chi connectivity index (χ1n) is 8.51. The summed E-state index contributed by atoms with van der Waals surface area (Å²) in [7, 11) is 0. The number of hydrogen-bond donors (Lipinski definition) is 1. The average molecular weight is 379 g/mol. The van der Waals surface area contributed by atoms with Crippen LogP contribution in [0.2, 0.25) is 5.02 Å². The second-order valence-electron chi connectivity index (χ2n) is 6.44. The minimum absolute atomic E-state index is 0.0203. The Morgan fingerprint density at radius 2 is 2.04 bits per heavy atom. The van der Waals surface area contributed by atoms with Crippen LogP contribution in [0.15, 0.2) is 34.9 Å². The third-order valence-corrected chi connectivity index (χ3v) is 5.00. The van der Waals surface area contributed by atoms with Gasteiger partial charge in [0.25, 0.3) is 5.91 Å². The molecule has 26 heavy (non-hydrogen) atoms. The molecule has 7 heteroatoms. The van der Waals surface area contributed by atoms with Gasteiger partial charge in [-0.05, 0) is 38.0 Å². The lowest BCUT2D eigenvalue weighted by Crippen LogP contribution is -2.47. The third-order valence-electron chi connectivity index (χ3n) is 4.64. The topological polar surface area (TPSA) is 62.6 Å². The molecule has 2 aromatic rings. The van der Waals surface area contributed by atoms with Gasteiger partial charge in [0.1, 0.15) is 5.82 Å². The number of amides is 2. The number of piperidine rings is 1. The van der Waals surface area contributed by atoms with Crippen molar-refractivity contribution in [2.75, 3.05) is 13.1 Å². The second kappa shape index (κ2) is 7.91. The van der Waals surface area contributed by atoms with Crippen LogP contribution >= 0.6 is 11.6 Å². The molecule has 0 radical (unpaired) electrons. The van der Waals surface area contributed by atoms with E-state index in [1.165, 1.54) is 18.4 Å². The molecule has 0 atom stereocenters. The highest BCUT2D eigenvalue weighted by Gasteiger charge is 2.26. The van der Waals surface area contributed by atoms with Crippen molar-refractivity contribution >= 4 is 23.4 Å². The van der Waals surface area contributed by atoms with Gasteiger partial charge in [-0.15, -0.1) is 0 Å². The number of furan rings is 1. The highest BCUT2D eigenvalue weighted by molar-refractivity contribution is 6.31. The first kappa shape index (κ1) is 18.5. The molecule has 1 aliphatic heterocycles. The smallest absolute Gasteiger partial charge is 0.287 e. The maximum absolute atomic E-state index is 13.8. The van der Waals surface area contributed by atoms with Crippen LogP contribution in [-0.4, -0.2) is 35.8 Å². The number of rotatable bonds is 4. The van der Waals surface area contributed by atoms with E-state index in [9.17, 15) is 14.0 Å². The number of aryl methyl sites for hydroxylation is 1. The number of benzene rings is 1. The van der Waals surface area contributed by atoms with E-state index in [1.54, 1.807) is 17.0 Å². The zero-order valence-corrected chi connectivity index (χ0v) is 15.2. The maximum atomic E-state index is 13.8. The summed E-state index contributed by atoms with van der Waals surface area (Å²) >= 11 is 5.99. The lowest BCUT2D eigenvalue weighted by atomic mass is 10.0. The van der Waals surface area contributed by atoms with Gasteiger partial charge < -0.3 is 14.6 Å². The fourth-order valence-electron chi connectivity index (χ4n) is 3.09. The molecule has 138 valence electrons. The van der Waals surface area contributed by atoms with Crippen molar-refractivity contribution in [3.05, 3.63) is 58.3 Å². The molecule has 5 nitrogen and oxygen atoms in total. The normalized spacial score (nSPS) is 15.1. The number of carbonyl (C=O) groups excluding carboxylic acids is 2. The van der Waals surface area contributed by atoms with Gasteiger partial charge in [0.05, 0.1) is 12.7 Å². The predicted molar refractivity (Wildman–Crippen MR) is 95.6 cm³/mol. The quantitative estimate of drug-likeness (QED) is 0.887. The Morgan fingerprint density at radius 3 is 2.65 bits per heavy atom. The molecule has 3 rings (SSSR count). The van der Waals surface area contributed by atoms with E-state index in [-0.39, 0.29) is 34.9 Å². The van der Waals surface area contributed by atoms with Crippen molar-refractivity contribution in [1.82, 2.24) is 10.2 Å². The molecule has 0 bridgehead atoms. The molecular weight excluding hydrogens is 359 g/mol. The fourth-order valence-corrected chi connectivity index (χ4v) is 3.32. The summed E-state index contributed by atoms with van der Waals surface area (Å²) in [6.45, 7) is 2.83. The lowest BCUT2D eigenvalue weighted by molar-refractivity contribution is -0.131. The second-order valence-corrected chi connectivity index (χ2v) is 6.85. The van der Waals surface area contributed by atoms with Crippen LogP contribution in [0.25, 0.3) is 0 Å². The van der Waals surface area contributed by atoms with E-state index in [1.807, 2.05) is 6.92 Å². The number of halogens is 2. The molecule has 0 aliphatic carbocycles. The zero-order chi connectivity index (χ0) is 18.7. The molecule has 1 N–H and O–H groups in total. The zero-order valence-electron chi connectivity index (χ0n) is 14.4. The van der Waals surface area contributed by atoms with Crippen LogP contribution in [0.3, 0.4) is 0 Å². The predicted octanol–water partition coefficient (Wildman–Crippen LogP) is 3.34. The van der Waals surface area contributed by atoms with Gasteiger partial charge in [0.2, 0.25) is 5.91 Å². The van der Waals surface area contributed by atoms with Crippen LogP contribution in [0, 0.1) is 12.7 Å². The Labute approximate surface area is 156 Å². The number of nitrogens with one attached hydrogen (secondary N) is 1. The number of likely N-dealkylation sites (tertiary alicyclic amines) is 1. The standard InChI is InChI=1S/C19H20ClFN2O3/c1-12-7-10-26-18(12)19(25)22-13-5-8-23(9-6-13)17(24)11-14-15(20)3-2-4-16(14)21/h2-4,7,10,13H,5-6,8-9,11H2,1H3,(H,22,25). The highest BCUT2D eigenvalue weighted by atomic mass is 35.5. The summed E-state index contributed by atoms with van der Waals surface area (Å²) in [4.78, 5) is 26.3. The number of hydrogen-bond acceptors (Lipinski definition) is 3. The van der Waals surface area contributed by atoms with E-state index < -0.39 is 5.82 Å². The van der Waals surface area contributed by atoms with Crippen molar-refractivity contribution in [2.45, 2.75) is 32.2 Å². The Balaban J connectivity index is 1.53. The minimum Gasteiger partial charge on any atom is -0.459 e. The molecular formula is C19H20ClFN2O3. The Bertz CT molecular complexity index is 793. The van der Waals surface area contributed by atoms with Crippen molar-refractivity contribution in [2.24, 2.45) is 0 Å². The molecule has 0 unspecified atom stereocenters. The van der Waals surface area contributed by atoms with E-state index in [0.717, 1.165) is 5.56 Å². The van der Waals surface area contributed by atoms with E-state index in [4.69, 9.17) is 16.0 Å². The molecule has 2 heterocycles. The molecule has 2 amide bonds. The molecule has 1 aliphatic rings. The molecule has 0 spiro atoms. The van der Waals surface area contributed by atoms with Gasteiger partial charge in [-0.2, -0.15) is 0 Å². The summed E-state index contributed by atoms with van der Waals surface area (Å²) in [6.07, 6.45) is 2.71. The lowest BCUT2D eigenvalue weighted by Gasteiger charge is -2.32. The first-order chi connectivity index (χ1) is 12.5. The highest BCUT2D eigenvalue weighted by Crippen LogP contribution is 2.21. The van der Waals surface area contributed by atoms with Crippen molar-refractivity contribution in [3.63, 3.8) is 0 Å². The summed E-state index contributed by atoms with van der Waals surface area (Å²) in [5, 5.41) is 3.20. The first-order valence-corrected chi connectivity index (χ1v) is 8.89. The third kappa shape index (κ3) is 4.07. The number of carbonyl (C=O) groups is 2. The molecule has 1 aromatic heterocycles. The molecule has 0 saturated carbocycles. The monoisotopic (exact) mass is 378 g/mol. The van der Waals surface area contributed by atoms with E-state index in [2.05, 4.69) is 5.32 Å².